The number of halogens is 2. The quantitative estimate of drug-likeness (QED) is 0.124. The fraction of sp³-hybridized carbons (Fsp3) is 0.0690. The lowest BCUT2D eigenvalue weighted by Gasteiger charge is -2.18. The highest BCUT2D eigenvalue weighted by atomic mass is 35.5. The Bertz CT molecular complexity index is 1920. The maximum absolute atomic E-state index is 12.1. The minimum absolute atomic E-state index is 0.0953. The Hall–Kier alpha value is -5.13. The molecule has 2 aromatic heterocycles. The van der Waals surface area contributed by atoms with Crippen LogP contribution in [-0.4, -0.2) is 49.2 Å². The first kappa shape index (κ1) is 28.4. The van der Waals surface area contributed by atoms with Gasteiger partial charge in [-0.15, -0.1) is 0 Å². The summed E-state index contributed by atoms with van der Waals surface area (Å²) in [4.78, 5) is 44.5. The molecule has 5 rings (SSSR count). The minimum atomic E-state index is -1.30. The number of aliphatic carboxylic acids is 1. The van der Waals surface area contributed by atoms with Crippen LogP contribution >= 0.6 is 23.2 Å². The van der Waals surface area contributed by atoms with E-state index in [2.05, 4.69) is 15.3 Å². The SMILES string of the molecule is Nc1cc(C[C@H](Nc2nc3ccc(Cl)cc3cc2C(=O)O)C(=O)O)ccc1Oc1nc2ccc(Cl)cc2cc1C(=O)O. The standard InChI is InChI=1S/C29H20Cl2N4O7/c30-16-2-4-21-14(9-16)11-18(27(36)37)25(33-21)34-23(29(40)41)8-13-1-6-24(20(32)7-13)42-26-19(28(38)39)12-15-10-17(31)3-5-22(15)35-26/h1-7,9-12,23H,8,32H2,(H,33,34)(H,36,37)(H,38,39)(H,40,41)/t23-/m0/s1. The van der Waals surface area contributed by atoms with Crippen LogP contribution in [0.3, 0.4) is 0 Å². The summed E-state index contributed by atoms with van der Waals surface area (Å²) in [6.07, 6.45) is -0.103. The van der Waals surface area contributed by atoms with Crippen molar-refractivity contribution < 1.29 is 34.4 Å². The molecule has 13 heteroatoms. The van der Waals surface area contributed by atoms with Crippen LogP contribution in [0.2, 0.25) is 10.0 Å². The smallest absolute Gasteiger partial charge is 0.341 e. The van der Waals surface area contributed by atoms with E-state index < -0.39 is 23.9 Å². The van der Waals surface area contributed by atoms with Crippen LogP contribution in [0.5, 0.6) is 11.6 Å². The second kappa shape index (κ2) is 11.4. The van der Waals surface area contributed by atoms with Crippen molar-refractivity contribution in [3.63, 3.8) is 0 Å². The first-order chi connectivity index (χ1) is 20.0. The maximum Gasteiger partial charge on any atom is 0.341 e. The summed E-state index contributed by atoms with van der Waals surface area (Å²) in [5.74, 6) is -4.03. The molecule has 0 amide bonds. The number of carboxylic acid groups (broad SMARTS) is 3. The lowest BCUT2D eigenvalue weighted by Crippen LogP contribution is -2.32. The molecule has 0 aliphatic rings. The fourth-order valence-electron chi connectivity index (χ4n) is 4.30. The van der Waals surface area contributed by atoms with Crippen molar-refractivity contribution in [1.82, 2.24) is 9.97 Å². The molecule has 0 fully saturated rings. The van der Waals surface area contributed by atoms with Gasteiger partial charge in [-0.05, 0) is 66.2 Å². The van der Waals surface area contributed by atoms with E-state index in [0.717, 1.165) is 0 Å². The number of carbonyl (C=O) groups is 3. The Morgan fingerprint density at radius 2 is 1.40 bits per heavy atom. The van der Waals surface area contributed by atoms with Crippen molar-refractivity contribution in [2.75, 3.05) is 11.1 Å². The summed E-state index contributed by atoms with van der Waals surface area (Å²) >= 11 is 12.0. The number of ether oxygens (including phenoxy) is 1. The van der Waals surface area contributed by atoms with Gasteiger partial charge in [-0.25, -0.2) is 24.4 Å². The molecular weight excluding hydrogens is 587 g/mol. The minimum Gasteiger partial charge on any atom is -0.480 e. The van der Waals surface area contributed by atoms with E-state index in [-0.39, 0.29) is 40.7 Å². The van der Waals surface area contributed by atoms with Crippen LogP contribution in [0.4, 0.5) is 11.5 Å². The molecule has 0 aliphatic carbocycles. The van der Waals surface area contributed by atoms with Gasteiger partial charge in [0.25, 0.3) is 0 Å². The van der Waals surface area contributed by atoms with Gasteiger partial charge in [0, 0.05) is 27.2 Å². The predicted octanol–water partition coefficient (Wildman–Crippen LogP) is 5.97. The number of anilines is 2. The number of nitrogen functional groups attached to an aromatic ring is 1. The molecule has 11 nitrogen and oxygen atoms in total. The number of pyridine rings is 2. The molecule has 5 aromatic rings. The normalized spacial score (nSPS) is 11.8. The Morgan fingerprint density at radius 3 is 1.98 bits per heavy atom. The summed E-state index contributed by atoms with van der Waals surface area (Å²) in [5, 5.41) is 33.8. The number of benzene rings is 3. The number of fused-ring (bicyclic) bond motifs is 2. The molecule has 0 unspecified atom stereocenters. The van der Waals surface area contributed by atoms with Crippen LogP contribution in [0.1, 0.15) is 26.3 Å². The highest BCUT2D eigenvalue weighted by molar-refractivity contribution is 6.31. The predicted molar refractivity (Wildman–Crippen MR) is 157 cm³/mol. The van der Waals surface area contributed by atoms with E-state index in [0.29, 0.717) is 37.4 Å². The Kier molecular flexibility index (Phi) is 7.70. The molecule has 1 atom stereocenters. The highest BCUT2D eigenvalue weighted by Crippen LogP contribution is 2.32. The van der Waals surface area contributed by atoms with Crippen LogP contribution in [-0.2, 0) is 11.2 Å². The van der Waals surface area contributed by atoms with E-state index in [4.69, 9.17) is 33.7 Å². The molecule has 0 saturated heterocycles. The van der Waals surface area contributed by atoms with Crippen molar-refractivity contribution in [1.29, 1.82) is 0 Å². The van der Waals surface area contributed by atoms with Crippen LogP contribution < -0.4 is 15.8 Å². The van der Waals surface area contributed by atoms with Crippen molar-refractivity contribution in [2.45, 2.75) is 12.5 Å². The number of aromatic nitrogens is 2. The van der Waals surface area contributed by atoms with Gasteiger partial charge in [0.05, 0.1) is 16.7 Å². The third-order valence-electron chi connectivity index (χ3n) is 6.31. The van der Waals surface area contributed by atoms with E-state index >= 15 is 0 Å². The van der Waals surface area contributed by atoms with Gasteiger partial charge in [0.1, 0.15) is 23.0 Å². The summed E-state index contributed by atoms with van der Waals surface area (Å²) in [7, 11) is 0. The maximum atomic E-state index is 12.1. The van der Waals surface area contributed by atoms with E-state index in [1.165, 1.54) is 24.3 Å². The molecule has 3 aromatic carbocycles. The van der Waals surface area contributed by atoms with Gasteiger partial charge < -0.3 is 31.1 Å². The second-order valence-electron chi connectivity index (χ2n) is 9.22. The Labute approximate surface area is 247 Å². The molecule has 6 N–H and O–H groups in total. The lowest BCUT2D eigenvalue weighted by atomic mass is 10.0. The number of hydrogen-bond acceptors (Lipinski definition) is 8. The zero-order chi connectivity index (χ0) is 30.1. The third-order valence-corrected chi connectivity index (χ3v) is 6.78. The molecule has 0 bridgehead atoms. The average Bonchev–Trinajstić information content (AvgIpc) is 2.93. The number of aromatic carboxylic acids is 2. The van der Waals surface area contributed by atoms with Gasteiger partial charge >= 0.3 is 17.9 Å². The molecule has 0 radical (unpaired) electrons. The van der Waals surface area contributed by atoms with Crippen molar-refractivity contribution in [3.8, 4) is 11.6 Å². The zero-order valence-corrected chi connectivity index (χ0v) is 22.8. The van der Waals surface area contributed by atoms with Crippen LogP contribution in [0.15, 0.2) is 66.7 Å². The number of nitrogens with two attached hydrogens (primary N) is 1. The summed E-state index contributed by atoms with van der Waals surface area (Å²) < 4.78 is 5.77. The summed E-state index contributed by atoms with van der Waals surface area (Å²) in [5.41, 5.74) is 7.20. The number of rotatable bonds is 9. The van der Waals surface area contributed by atoms with Crippen molar-refractivity contribution >= 4 is 74.4 Å². The second-order valence-corrected chi connectivity index (χ2v) is 10.1. The first-order valence-corrected chi connectivity index (χ1v) is 13.0. The molecule has 0 saturated carbocycles. The lowest BCUT2D eigenvalue weighted by molar-refractivity contribution is -0.137. The highest BCUT2D eigenvalue weighted by Gasteiger charge is 2.23. The van der Waals surface area contributed by atoms with E-state index in [1.54, 1.807) is 42.5 Å². The molecule has 0 spiro atoms. The Balaban J connectivity index is 1.41. The molecule has 42 heavy (non-hydrogen) atoms. The first-order valence-electron chi connectivity index (χ1n) is 12.2. The zero-order valence-electron chi connectivity index (χ0n) is 21.3. The van der Waals surface area contributed by atoms with Gasteiger partial charge in [-0.1, -0.05) is 29.3 Å². The van der Waals surface area contributed by atoms with Crippen LogP contribution in [0, 0.1) is 0 Å². The van der Waals surface area contributed by atoms with Crippen LogP contribution in [0.25, 0.3) is 21.8 Å². The number of nitrogens with one attached hydrogen (secondary N) is 1. The third kappa shape index (κ3) is 5.97. The summed E-state index contributed by atoms with van der Waals surface area (Å²) in [6, 6.07) is 15.5. The molecule has 0 aliphatic heterocycles. The Morgan fingerprint density at radius 1 is 0.810 bits per heavy atom. The van der Waals surface area contributed by atoms with E-state index in [9.17, 15) is 29.7 Å². The largest absolute Gasteiger partial charge is 0.480 e. The molecular formula is C29H20Cl2N4O7. The van der Waals surface area contributed by atoms with Crippen molar-refractivity contribution in [2.24, 2.45) is 0 Å². The number of hydrogen-bond donors (Lipinski definition) is 5. The van der Waals surface area contributed by atoms with Gasteiger partial charge in [0.2, 0.25) is 5.88 Å². The topological polar surface area (TPSA) is 185 Å². The van der Waals surface area contributed by atoms with Gasteiger partial charge in [-0.2, -0.15) is 0 Å². The van der Waals surface area contributed by atoms with Gasteiger partial charge in [0.15, 0.2) is 5.75 Å². The van der Waals surface area contributed by atoms with E-state index in [1.807, 2.05) is 0 Å². The molecule has 212 valence electrons. The average molecular weight is 607 g/mol. The molecule has 2 heterocycles. The van der Waals surface area contributed by atoms with Gasteiger partial charge in [-0.3, -0.25) is 0 Å². The fourth-order valence-corrected chi connectivity index (χ4v) is 4.66. The number of nitrogens with zero attached hydrogens (tertiary/aromatic N) is 2. The monoisotopic (exact) mass is 606 g/mol. The number of carboxylic acids is 3. The van der Waals surface area contributed by atoms with Crippen molar-refractivity contribution in [3.05, 3.63) is 93.5 Å². The summed E-state index contributed by atoms with van der Waals surface area (Å²) in [6.45, 7) is 0.